The number of benzene rings is 1. The molecule has 0 aliphatic carbocycles. The average Bonchev–Trinajstić information content (AvgIpc) is 2.58. The Morgan fingerprint density at radius 3 is 2.63 bits per heavy atom. The first-order chi connectivity index (χ1) is 12.7. The maximum Gasteiger partial charge on any atom is 0.321 e. The maximum atomic E-state index is 12.9. The highest BCUT2D eigenvalue weighted by atomic mass is 35.5. The smallest absolute Gasteiger partial charge is 0.321 e. The second-order valence-electron chi connectivity index (χ2n) is 6.47. The summed E-state index contributed by atoms with van der Waals surface area (Å²) in [4.78, 5) is 41.3. The topological polar surface area (TPSA) is 93.1 Å². The standard InChI is InChI=1S/C18H23ClN4O3S/c1-5-20-17(26)22-15(24)11(4)27-18-21-14-7-6-12(19)8-13(14)16(25)23(18)9-10(2)3/h6-8,10-11H,5,9H2,1-4H3,(H2,20,22,24,26)/t11-/m0/s1. The van der Waals surface area contributed by atoms with Gasteiger partial charge in [0.15, 0.2) is 5.16 Å². The Morgan fingerprint density at radius 2 is 2.00 bits per heavy atom. The van der Waals surface area contributed by atoms with E-state index in [1.807, 2.05) is 13.8 Å². The maximum absolute atomic E-state index is 12.9. The number of hydrogen-bond donors (Lipinski definition) is 2. The number of nitrogens with zero attached hydrogens (tertiary/aromatic N) is 2. The number of thioether (sulfide) groups is 1. The quantitative estimate of drug-likeness (QED) is 0.564. The number of halogens is 1. The molecule has 1 aromatic carbocycles. The molecule has 2 N–H and O–H groups in total. The van der Waals surface area contributed by atoms with E-state index in [4.69, 9.17) is 11.6 Å². The van der Waals surface area contributed by atoms with Gasteiger partial charge in [0, 0.05) is 18.1 Å². The van der Waals surface area contributed by atoms with Crippen LogP contribution in [0.4, 0.5) is 4.79 Å². The second-order valence-corrected chi connectivity index (χ2v) is 8.22. The predicted molar refractivity (Wildman–Crippen MR) is 108 cm³/mol. The number of rotatable bonds is 6. The fourth-order valence-corrected chi connectivity index (χ4v) is 3.51. The molecule has 9 heteroatoms. The largest absolute Gasteiger partial charge is 0.338 e. The summed E-state index contributed by atoms with van der Waals surface area (Å²) in [6.07, 6.45) is 0. The molecule has 0 bridgehead atoms. The molecule has 2 rings (SSSR count). The first-order valence-electron chi connectivity index (χ1n) is 8.68. The van der Waals surface area contributed by atoms with Gasteiger partial charge in [-0.1, -0.05) is 37.2 Å². The van der Waals surface area contributed by atoms with Crippen LogP contribution < -0.4 is 16.2 Å². The molecular formula is C18H23ClN4O3S. The highest BCUT2D eigenvalue weighted by Gasteiger charge is 2.21. The molecule has 3 amide bonds. The normalized spacial score (nSPS) is 12.2. The van der Waals surface area contributed by atoms with Crippen LogP contribution in [0.15, 0.2) is 28.2 Å². The van der Waals surface area contributed by atoms with Crippen molar-refractivity contribution in [2.24, 2.45) is 5.92 Å². The first-order valence-corrected chi connectivity index (χ1v) is 9.94. The lowest BCUT2D eigenvalue weighted by molar-refractivity contribution is -0.119. The molecule has 146 valence electrons. The number of fused-ring (bicyclic) bond motifs is 1. The molecule has 0 spiro atoms. The van der Waals surface area contributed by atoms with Crippen LogP contribution in [0.2, 0.25) is 5.02 Å². The minimum Gasteiger partial charge on any atom is -0.338 e. The Hall–Kier alpha value is -2.06. The second kappa shape index (κ2) is 9.23. The Labute approximate surface area is 166 Å². The van der Waals surface area contributed by atoms with E-state index in [2.05, 4.69) is 15.6 Å². The van der Waals surface area contributed by atoms with Gasteiger partial charge in [0.25, 0.3) is 5.56 Å². The Bertz CT molecular complexity index is 913. The third-order valence-corrected chi connectivity index (χ3v) is 4.98. The Balaban J connectivity index is 2.38. The van der Waals surface area contributed by atoms with Gasteiger partial charge in [0.1, 0.15) is 0 Å². The SMILES string of the molecule is CCNC(=O)NC(=O)[C@H](C)Sc1nc2ccc(Cl)cc2c(=O)n1CC(C)C. The van der Waals surface area contributed by atoms with Gasteiger partial charge in [0.2, 0.25) is 5.91 Å². The first kappa shape index (κ1) is 21.2. The number of nitrogens with one attached hydrogen (secondary N) is 2. The molecule has 0 aliphatic rings. The average molecular weight is 411 g/mol. The van der Waals surface area contributed by atoms with Crippen LogP contribution >= 0.6 is 23.4 Å². The van der Waals surface area contributed by atoms with Gasteiger partial charge in [0.05, 0.1) is 16.2 Å². The number of imide groups is 1. The summed E-state index contributed by atoms with van der Waals surface area (Å²) in [6.45, 7) is 8.29. The van der Waals surface area contributed by atoms with Crippen molar-refractivity contribution in [1.82, 2.24) is 20.2 Å². The van der Waals surface area contributed by atoms with Gasteiger partial charge >= 0.3 is 6.03 Å². The van der Waals surface area contributed by atoms with Crippen LogP contribution in [0.5, 0.6) is 0 Å². The lowest BCUT2D eigenvalue weighted by Crippen LogP contribution is -2.42. The Morgan fingerprint density at radius 1 is 1.30 bits per heavy atom. The molecule has 1 heterocycles. The van der Waals surface area contributed by atoms with Crippen molar-refractivity contribution in [3.63, 3.8) is 0 Å². The minimum absolute atomic E-state index is 0.199. The zero-order valence-corrected chi connectivity index (χ0v) is 17.3. The van der Waals surface area contributed by atoms with E-state index >= 15 is 0 Å². The van der Waals surface area contributed by atoms with Crippen molar-refractivity contribution in [2.45, 2.75) is 44.6 Å². The molecule has 0 aliphatic heterocycles. The molecule has 1 aromatic heterocycles. The third-order valence-electron chi connectivity index (χ3n) is 3.65. The fourth-order valence-electron chi connectivity index (χ4n) is 2.42. The highest BCUT2D eigenvalue weighted by molar-refractivity contribution is 8.00. The van der Waals surface area contributed by atoms with Crippen LogP contribution in [-0.2, 0) is 11.3 Å². The van der Waals surface area contributed by atoms with Gasteiger partial charge in [-0.05, 0) is 38.0 Å². The van der Waals surface area contributed by atoms with Crippen LogP contribution in [0, 0.1) is 5.92 Å². The molecule has 0 saturated carbocycles. The van der Waals surface area contributed by atoms with Gasteiger partial charge < -0.3 is 5.32 Å². The van der Waals surface area contributed by atoms with Crippen molar-refractivity contribution in [2.75, 3.05) is 6.54 Å². The molecule has 2 aromatic rings. The monoisotopic (exact) mass is 410 g/mol. The van der Waals surface area contributed by atoms with E-state index in [0.717, 1.165) is 11.8 Å². The zero-order valence-electron chi connectivity index (χ0n) is 15.7. The van der Waals surface area contributed by atoms with Gasteiger partial charge in [-0.15, -0.1) is 0 Å². The summed E-state index contributed by atoms with van der Waals surface area (Å²) in [5.74, 6) is -0.243. The molecule has 1 atom stereocenters. The van der Waals surface area contributed by atoms with E-state index in [0.29, 0.717) is 34.2 Å². The fraction of sp³-hybridized carbons (Fsp3) is 0.444. The summed E-state index contributed by atoms with van der Waals surface area (Å²) in [7, 11) is 0. The number of urea groups is 1. The summed E-state index contributed by atoms with van der Waals surface area (Å²) in [6, 6.07) is 4.41. The molecule has 7 nitrogen and oxygen atoms in total. The van der Waals surface area contributed by atoms with Gasteiger partial charge in [-0.2, -0.15) is 0 Å². The van der Waals surface area contributed by atoms with Crippen LogP contribution in [0.1, 0.15) is 27.7 Å². The summed E-state index contributed by atoms with van der Waals surface area (Å²) in [5, 5.41) is 5.51. The number of carbonyl (C=O) groups is 2. The molecule has 0 radical (unpaired) electrons. The molecule has 0 saturated heterocycles. The number of hydrogen-bond acceptors (Lipinski definition) is 5. The predicted octanol–water partition coefficient (Wildman–Crippen LogP) is 3.03. The van der Waals surface area contributed by atoms with E-state index in [1.54, 1.807) is 36.6 Å². The van der Waals surface area contributed by atoms with Crippen molar-refractivity contribution < 1.29 is 9.59 Å². The summed E-state index contributed by atoms with van der Waals surface area (Å²) < 4.78 is 1.56. The van der Waals surface area contributed by atoms with Gasteiger partial charge in [-0.3, -0.25) is 19.5 Å². The van der Waals surface area contributed by atoms with Crippen molar-refractivity contribution in [3.8, 4) is 0 Å². The molecular weight excluding hydrogens is 388 g/mol. The number of carbonyl (C=O) groups excluding carboxylic acids is 2. The van der Waals surface area contributed by atoms with Gasteiger partial charge in [-0.25, -0.2) is 9.78 Å². The summed E-state index contributed by atoms with van der Waals surface area (Å²) in [5.41, 5.74) is 0.318. The van der Waals surface area contributed by atoms with E-state index in [9.17, 15) is 14.4 Å². The van der Waals surface area contributed by atoms with E-state index < -0.39 is 17.2 Å². The van der Waals surface area contributed by atoms with E-state index in [-0.39, 0.29) is 11.5 Å². The van der Waals surface area contributed by atoms with Crippen LogP contribution in [0.3, 0.4) is 0 Å². The third kappa shape index (κ3) is 5.46. The molecule has 0 unspecified atom stereocenters. The van der Waals surface area contributed by atoms with Crippen molar-refractivity contribution in [3.05, 3.63) is 33.6 Å². The molecule has 27 heavy (non-hydrogen) atoms. The van der Waals surface area contributed by atoms with Crippen molar-refractivity contribution in [1.29, 1.82) is 0 Å². The van der Waals surface area contributed by atoms with Crippen molar-refractivity contribution >= 4 is 46.2 Å². The zero-order chi connectivity index (χ0) is 20.1. The van der Waals surface area contributed by atoms with E-state index in [1.165, 1.54) is 0 Å². The highest BCUT2D eigenvalue weighted by Crippen LogP contribution is 2.24. The summed E-state index contributed by atoms with van der Waals surface area (Å²) >= 11 is 7.16. The molecule has 0 fully saturated rings. The lowest BCUT2D eigenvalue weighted by atomic mass is 10.2. The number of aromatic nitrogens is 2. The van der Waals surface area contributed by atoms with Crippen LogP contribution in [0.25, 0.3) is 10.9 Å². The Kier molecular flexibility index (Phi) is 7.26. The lowest BCUT2D eigenvalue weighted by Gasteiger charge is -2.17. The number of amides is 3. The minimum atomic E-state index is -0.609. The van der Waals surface area contributed by atoms with Crippen LogP contribution in [-0.4, -0.2) is 33.3 Å².